The van der Waals surface area contributed by atoms with Crippen molar-refractivity contribution in [2.75, 3.05) is 25.1 Å². The number of carbonyl (C=O) groups excluding carboxylic acids is 2. The van der Waals surface area contributed by atoms with E-state index in [4.69, 9.17) is 18.5 Å². The number of rotatable bonds is 12. The number of aromatic nitrogens is 4. The molecule has 0 aromatic carbocycles. The van der Waals surface area contributed by atoms with Crippen LogP contribution in [0.25, 0.3) is 0 Å². The van der Waals surface area contributed by atoms with E-state index in [-0.39, 0.29) is 42.1 Å². The Bertz CT molecular complexity index is 1670. The second kappa shape index (κ2) is 16.8. The van der Waals surface area contributed by atoms with E-state index in [0.29, 0.717) is 29.4 Å². The first kappa shape index (κ1) is 36.7. The van der Waals surface area contributed by atoms with Gasteiger partial charge >= 0.3 is 12.1 Å². The number of carbonyl (C=O) groups is 2. The molecule has 0 saturated carbocycles. The van der Waals surface area contributed by atoms with Gasteiger partial charge in [-0.25, -0.2) is 14.8 Å². The standard InChI is InChI=1S/C18H24N4O3.C15H15F3N2O4/c1-12(2)20-18(23)14-6-7-16(19-10-14)24-11-15-13(3)25-21-17(15)22-8-4-5-9-22;1-9-11(12(20-24-9)5-6-15(16,17)18)8-23-13-4-3-10(7-19-13)14(21)22-2/h6-7,10,12H,4-5,8-9,11H2,1-3H3,(H,20,23);3-4,7H,5-6,8H2,1-2H3. The van der Waals surface area contributed by atoms with Crippen LogP contribution in [0.5, 0.6) is 11.8 Å². The lowest BCUT2D eigenvalue weighted by Crippen LogP contribution is -2.30. The topological polar surface area (TPSA) is 155 Å². The molecule has 1 saturated heterocycles. The summed E-state index contributed by atoms with van der Waals surface area (Å²) >= 11 is 0. The predicted molar refractivity (Wildman–Crippen MR) is 169 cm³/mol. The Labute approximate surface area is 281 Å². The van der Waals surface area contributed by atoms with Crippen LogP contribution in [0.3, 0.4) is 0 Å². The zero-order valence-corrected chi connectivity index (χ0v) is 27.9. The second-order valence-electron chi connectivity index (χ2n) is 11.5. The zero-order chi connectivity index (χ0) is 35.6. The molecule has 0 bridgehead atoms. The molecule has 0 atom stereocenters. The molecule has 16 heteroatoms. The number of nitrogens with zero attached hydrogens (tertiary/aromatic N) is 5. The van der Waals surface area contributed by atoms with Crippen molar-refractivity contribution in [2.24, 2.45) is 0 Å². The van der Waals surface area contributed by atoms with Gasteiger partial charge in [0.15, 0.2) is 5.82 Å². The van der Waals surface area contributed by atoms with Gasteiger partial charge in [0.2, 0.25) is 11.8 Å². The number of pyridine rings is 2. The highest BCUT2D eigenvalue weighted by molar-refractivity contribution is 5.94. The van der Waals surface area contributed by atoms with E-state index < -0.39 is 18.6 Å². The molecule has 0 aliphatic carbocycles. The molecule has 1 aliphatic rings. The number of hydrogen-bond donors (Lipinski definition) is 1. The molecule has 0 radical (unpaired) electrons. The number of ether oxygens (including phenoxy) is 3. The molecule has 0 unspecified atom stereocenters. The van der Waals surface area contributed by atoms with Crippen LogP contribution in [-0.4, -0.2) is 64.6 Å². The Hall–Kier alpha value is -5.15. The first-order valence-electron chi connectivity index (χ1n) is 15.6. The van der Waals surface area contributed by atoms with Crippen molar-refractivity contribution in [1.29, 1.82) is 0 Å². The number of halogens is 3. The van der Waals surface area contributed by atoms with Gasteiger partial charge in [0.05, 0.1) is 35.1 Å². The molecule has 13 nitrogen and oxygen atoms in total. The number of hydrogen-bond acceptors (Lipinski definition) is 12. The molecular formula is C33H39F3N6O7. The van der Waals surface area contributed by atoms with Crippen molar-refractivity contribution in [3.63, 3.8) is 0 Å². The van der Waals surface area contributed by atoms with E-state index >= 15 is 0 Å². The molecule has 1 N–H and O–H groups in total. The summed E-state index contributed by atoms with van der Waals surface area (Å²) in [7, 11) is 1.25. The van der Waals surface area contributed by atoms with E-state index in [1.807, 2.05) is 20.8 Å². The van der Waals surface area contributed by atoms with Gasteiger partial charge in [-0.2, -0.15) is 13.2 Å². The summed E-state index contributed by atoms with van der Waals surface area (Å²) in [5.41, 5.74) is 2.39. The quantitative estimate of drug-likeness (QED) is 0.175. The fraction of sp³-hybridized carbons (Fsp3) is 0.455. The number of esters is 1. The fourth-order valence-electron chi connectivity index (χ4n) is 4.74. The van der Waals surface area contributed by atoms with Crippen molar-refractivity contribution < 1.29 is 46.0 Å². The molecule has 1 amide bonds. The van der Waals surface area contributed by atoms with Crippen molar-refractivity contribution in [2.45, 2.75) is 78.8 Å². The van der Waals surface area contributed by atoms with Crippen molar-refractivity contribution in [3.05, 3.63) is 76.1 Å². The third-order valence-corrected chi connectivity index (χ3v) is 7.39. The Balaban J connectivity index is 0.000000221. The molecule has 4 aromatic rings. The van der Waals surface area contributed by atoms with Gasteiger partial charge in [-0.1, -0.05) is 10.3 Å². The van der Waals surface area contributed by atoms with Crippen molar-refractivity contribution in [3.8, 4) is 11.8 Å². The third kappa shape index (κ3) is 10.7. The molecule has 1 fully saturated rings. The Kier molecular flexibility index (Phi) is 12.6. The van der Waals surface area contributed by atoms with Crippen LogP contribution in [0.1, 0.15) is 82.2 Å². The lowest BCUT2D eigenvalue weighted by Gasteiger charge is -2.15. The van der Waals surface area contributed by atoms with Gasteiger partial charge in [-0.3, -0.25) is 4.79 Å². The highest BCUT2D eigenvalue weighted by Crippen LogP contribution is 2.27. The van der Waals surface area contributed by atoms with Crippen LogP contribution >= 0.6 is 0 Å². The number of methoxy groups -OCH3 is 1. The SMILES string of the molecule is COC(=O)c1ccc(OCc2c(CCC(F)(F)F)noc2C)nc1.Cc1onc(N2CCCC2)c1COc1ccc(C(=O)NC(C)C)cn1. The number of nitrogens with one attached hydrogen (secondary N) is 1. The monoisotopic (exact) mass is 688 g/mol. The number of amides is 1. The minimum atomic E-state index is -4.27. The summed E-state index contributed by atoms with van der Waals surface area (Å²) in [6.07, 6.45) is -0.384. The van der Waals surface area contributed by atoms with Crippen LogP contribution in [0.4, 0.5) is 19.0 Å². The fourth-order valence-corrected chi connectivity index (χ4v) is 4.74. The first-order valence-corrected chi connectivity index (χ1v) is 15.6. The maximum atomic E-state index is 12.3. The largest absolute Gasteiger partial charge is 0.473 e. The zero-order valence-electron chi connectivity index (χ0n) is 27.9. The molecule has 5 rings (SSSR count). The lowest BCUT2D eigenvalue weighted by molar-refractivity contribution is -0.134. The van der Waals surface area contributed by atoms with Crippen LogP contribution in [0.15, 0.2) is 45.7 Å². The summed E-state index contributed by atoms with van der Waals surface area (Å²) in [5, 5.41) is 10.6. The normalized spacial score (nSPS) is 12.8. The summed E-state index contributed by atoms with van der Waals surface area (Å²) < 4.78 is 63.0. The van der Waals surface area contributed by atoms with E-state index in [1.165, 1.54) is 44.5 Å². The number of alkyl halides is 3. The third-order valence-electron chi connectivity index (χ3n) is 7.39. The van der Waals surface area contributed by atoms with E-state index in [2.05, 4.69) is 35.2 Å². The van der Waals surface area contributed by atoms with Gasteiger partial charge in [0.25, 0.3) is 5.91 Å². The molecule has 0 spiro atoms. The molecular weight excluding hydrogens is 649 g/mol. The molecule has 1 aliphatic heterocycles. The minimum Gasteiger partial charge on any atom is -0.473 e. The van der Waals surface area contributed by atoms with Gasteiger partial charge in [-0.15, -0.1) is 0 Å². The summed E-state index contributed by atoms with van der Waals surface area (Å²) in [5.74, 6) is 2.02. The average molecular weight is 689 g/mol. The van der Waals surface area contributed by atoms with Crippen molar-refractivity contribution >= 4 is 17.7 Å². The molecule has 5 heterocycles. The van der Waals surface area contributed by atoms with Gasteiger partial charge in [-0.05, 0) is 52.7 Å². The summed E-state index contributed by atoms with van der Waals surface area (Å²) in [6.45, 7) is 9.62. The smallest absolute Gasteiger partial charge is 0.389 e. The summed E-state index contributed by atoms with van der Waals surface area (Å²) in [6, 6.07) is 6.43. The second-order valence-corrected chi connectivity index (χ2v) is 11.5. The van der Waals surface area contributed by atoms with Crippen LogP contribution < -0.4 is 19.7 Å². The Morgan fingerprint density at radius 2 is 1.47 bits per heavy atom. The number of aryl methyl sites for hydroxylation is 3. The van der Waals surface area contributed by atoms with Crippen LogP contribution in [0.2, 0.25) is 0 Å². The van der Waals surface area contributed by atoms with Crippen LogP contribution in [0, 0.1) is 13.8 Å². The van der Waals surface area contributed by atoms with Crippen LogP contribution in [-0.2, 0) is 24.4 Å². The van der Waals surface area contributed by atoms with Gasteiger partial charge in [0.1, 0.15) is 24.7 Å². The number of anilines is 1. The van der Waals surface area contributed by atoms with Gasteiger partial charge < -0.3 is 33.5 Å². The predicted octanol–water partition coefficient (Wildman–Crippen LogP) is 5.93. The minimum absolute atomic E-state index is 0.0346. The molecule has 4 aromatic heterocycles. The van der Waals surface area contributed by atoms with E-state index in [9.17, 15) is 22.8 Å². The molecule has 264 valence electrons. The van der Waals surface area contributed by atoms with E-state index in [1.54, 1.807) is 19.1 Å². The lowest BCUT2D eigenvalue weighted by atomic mass is 10.1. The summed E-state index contributed by atoms with van der Waals surface area (Å²) in [4.78, 5) is 33.6. The average Bonchev–Trinajstić information content (AvgIpc) is 3.82. The highest BCUT2D eigenvalue weighted by Gasteiger charge is 2.28. The Morgan fingerprint density at radius 1 is 0.898 bits per heavy atom. The van der Waals surface area contributed by atoms with E-state index in [0.717, 1.165) is 30.2 Å². The maximum absolute atomic E-state index is 12.3. The Morgan fingerprint density at radius 3 is 2.02 bits per heavy atom. The van der Waals surface area contributed by atoms with Gasteiger partial charge in [0, 0.05) is 56.5 Å². The molecule has 49 heavy (non-hydrogen) atoms. The highest BCUT2D eigenvalue weighted by atomic mass is 19.4. The van der Waals surface area contributed by atoms with Crippen molar-refractivity contribution in [1.82, 2.24) is 25.6 Å². The maximum Gasteiger partial charge on any atom is 0.389 e. The first-order chi connectivity index (χ1) is 23.3.